The van der Waals surface area contributed by atoms with Gasteiger partial charge in [-0.3, -0.25) is 4.79 Å². The number of unbranched alkanes of at least 4 members (excludes halogenated alkanes) is 1. The molecule has 0 aliphatic heterocycles. The summed E-state index contributed by atoms with van der Waals surface area (Å²) in [6.45, 7) is 4.49. The van der Waals surface area contributed by atoms with Crippen LogP contribution in [0.2, 0.25) is 0 Å². The van der Waals surface area contributed by atoms with Crippen LogP contribution in [0.1, 0.15) is 33.1 Å². The molecule has 1 amide bonds. The molecule has 0 aromatic heterocycles. The average molecular weight is 159 g/mol. The fourth-order valence-corrected chi connectivity index (χ4v) is 0.908. The fraction of sp³-hybridized carbons (Fsp3) is 0.875. The number of rotatable bonds is 6. The highest BCUT2D eigenvalue weighted by molar-refractivity contribution is 5.47. The molecule has 0 radical (unpaired) electrons. The number of aliphatic hydroxyl groups excluding tert-OH is 1. The van der Waals surface area contributed by atoms with Crippen LogP contribution in [0.5, 0.6) is 0 Å². The van der Waals surface area contributed by atoms with Gasteiger partial charge in [-0.05, 0) is 19.8 Å². The van der Waals surface area contributed by atoms with Gasteiger partial charge in [-0.1, -0.05) is 13.3 Å². The minimum Gasteiger partial charge on any atom is -0.374 e. The van der Waals surface area contributed by atoms with Gasteiger partial charge in [0.2, 0.25) is 6.41 Å². The molecule has 1 N–H and O–H groups in total. The molecule has 0 aliphatic rings. The highest BCUT2D eigenvalue weighted by Crippen LogP contribution is 2.03. The molecule has 3 nitrogen and oxygen atoms in total. The summed E-state index contributed by atoms with van der Waals surface area (Å²) in [6, 6.07) is 0. The van der Waals surface area contributed by atoms with E-state index in [0.717, 1.165) is 12.8 Å². The Morgan fingerprint density at radius 1 is 1.55 bits per heavy atom. The van der Waals surface area contributed by atoms with Crippen molar-refractivity contribution >= 4 is 6.41 Å². The molecular formula is C8H17NO2. The average Bonchev–Trinajstić information content (AvgIpc) is 2.03. The summed E-state index contributed by atoms with van der Waals surface area (Å²) in [5, 5.41) is 9.33. The third kappa shape index (κ3) is 3.98. The van der Waals surface area contributed by atoms with Crippen molar-refractivity contribution in [2.45, 2.75) is 39.3 Å². The van der Waals surface area contributed by atoms with Crippen molar-refractivity contribution in [1.82, 2.24) is 4.90 Å². The second-order valence-electron chi connectivity index (χ2n) is 2.56. The van der Waals surface area contributed by atoms with Crippen LogP contribution in [0, 0.1) is 0 Å². The van der Waals surface area contributed by atoms with Crippen molar-refractivity contribution in [3.05, 3.63) is 0 Å². The zero-order valence-corrected chi connectivity index (χ0v) is 7.29. The van der Waals surface area contributed by atoms with E-state index in [9.17, 15) is 9.90 Å². The van der Waals surface area contributed by atoms with Crippen molar-refractivity contribution < 1.29 is 9.90 Å². The summed E-state index contributed by atoms with van der Waals surface area (Å²) < 4.78 is 0. The standard InChI is InChI=1S/C8H17NO2/c1-3-5-6-8(11)9(4-2)7-10/h7-8,11H,3-6H2,1-2H3. The Bertz CT molecular complexity index is 106. The maximum absolute atomic E-state index is 10.3. The van der Waals surface area contributed by atoms with Gasteiger partial charge in [0.15, 0.2) is 0 Å². The van der Waals surface area contributed by atoms with Crippen LogP contribution in [-0.4, -0.2) is 29.2 Å². The second kappa shape index (κ2) is 6.16. The van der Waals surface area contributed by atoms with Crippen LogP contribution >= 0.6 is 0 Å². The lowest BCUT2D eigenvalue weighted by Gasteiger charge is -2.21. The van der Waals surface area contributed by atoms with Gasteiger partial charge in [0, 0.05) is 6.54 Å². The fourth-order valence-electron chi connectivity index (χ4n) is 0.908. The third-order valence-electron chi connectivity index (χ3n) is 1.70. The largest absolute Gasteiger partial charge is 0.374 e. The topological polar surface area (TPSA) is 40.5 Å². The van der Waals surface area contributed by atoms with Gasteiger partial charge < -0.3 is 10.0 Å². The summed E-state index contributed by atoms with van der Waals surface area (Å²) >= 11 is 0. The van der Waals surface area contributed by atoms with E-state index in [4.69, 9.17) is 0 Å². The Kier molecular flexibility index (Phi) is 5.84. The van der Waals surface area contributed by atoms with E-state index in [0.29, 0.717) is 19.4 Å². The lowest BCUT2D eigenvalue weighted by molar-refractivity contribution is -0.127. The van der Waals surface area contributed by atoms with Crippen molar-refractivity contribution in [2.75, 3.05) is 6.54 Å². The number of nitrogens with zero attached hydrogens (tertiary/aromatic N) is 1. The molecule has 3 heteroatoms. The molecular weight excluding hydrogens is 142 g/mol. The first-order valence-electron chi connectivity index (χ1n) is 4.15. The van der Waals surface area contributed by atoms with Crippen molar-refractivity contribution in [3.63, 3.8) is 0 Å². The Labute approximate surface area is 68.0 Å². The first kappa shape index (κ1) is 10.4. The summed E-state index contributed by atoms with van der Waals surface area (Å²) in [5.41, 5.74) is 0. The quantitative estimate of drug-likeness (QED) is 0.463. The lowest BCUT2D eigenvalue weighted by atomic mass is 10.2. The van der Waals surface area contributed by atoms with Crippen LogP contribution in [-0.2, 0) is 4.79 Å². The van der Waals surface area contributed by atoms with Crippen LogP contribution in [0.3, 0.4) is 0 Å². The lowest BCUT2D eigenvalue weighted by Crippen LogP contribution is -2.33. The summed E-state index contributed by atoms with van der Waals surface area (Å²) in [5.74, 6) is 0. The normalized spacial score (nSPS) is 12.6. The first-order chi connectivity index (χ1) is 5.26. The number of carbonyl (C=O) groups excluding carboxylic acids is 1. The second-order valence-corrected chi connectivity index (χ2v) is 2.56. The van der Waals surface area contributed by atoms with E-state index in [1.807, 2.05) is 6.92 Å². The highest BCUT2D eigenvalue weighted by atomic mass is 16.3. The molecule has 0 rings (SSSR count). The first-order valence-corrected chi connectivity index (χ1v) is 4.15. The predicted octanol–water partition coefficient (Wildman–Crippen LogP) is 0.973. The molecule has 0 aliphatic carbocycles. The molecule has 0 spiro atoms. The Balaban J connectivity index is 3.59. The van der Waals surface area contributed by atoms with Gasteiger partial charge in [-0.25, -0.2) is 0 Å². The number of hydrogen-bond acceptors (Lipinski definition) is 2. The monoisotopic (exact) mass is 159 g/mol. The summed E-state index contributed by atoms with van der Waals surface area (Å²) in [7, 11) is 0. The maximum atomic E-state index is 10.3. The molecule has 0 fully saturated rings. The third-order valence-corrected chi connectivity index (χ3v) is 1.70. The Morgan fingerprint density at radius 2 is 2.18 bits per heavy atom. The Morgan fingerprint density at radius 3 is 2.55 bits per heavy atom. The minimum absolute atomic E-state index is 0.578. The Hall–Kier alpha value is -0.570. The zero-order chi connectivity index (χ0) is 8.69. The summed E-state index contributed by atoms with van der Waals surface area (Å²) in [6.07, 6.45) is 2.81. The molecule has 0 saturated heterocycles. The van der Waals surface area contributed by atoms with E-state index in [1.54, 1.807) is 0 Å². The van der Waals surface area contributed by atoms with Crippen LogP contribution in [0.4, 0.5) is 0 Å². The highest BCUT2D eigenvalue weighted by Gasteiger charge is 2.09. The molecule has 1 unspecified atom stereocenters. The van der Waals surface area contributed by atoms with E-state index in [-0.39, 0.29) is 0 Å². The molecule has 0 aromatic rings. The zero-order valence-electron chi connectivity index (χ0n) is 7.29. The number of carbonyl (C=O) groups is 1. The molecule has 0 heterocycles. The minimum atomic E-state index is -0.586. The predicted molar refractivity (Wildman–Crippen MR) is 44.0 cm³/mol. The molecule has 0 bridgehead atoms. The van der Waals surface area contributed by atoms with Gasteiger partial charge in [0.25, 0.3) is 0 Å². The van der Waals surface area contributed by atoms with Gasteiger partial charge in [0.1, 0.15) is 6.23 Å². The van der Waals surface area contributed by atoms with Crippen molar-refractivity contribution in [3.8, 4) is 0 Å². The van der Waals surface area contributed by atoms with Gasteiger partial charge >= 0.3 is 0 Å². The van der Waals surface area contributed by atoms with Gasteiger partial charge in [-0.15, -0.1) is 0 Å². The van der Waals surface area contributed by atoms with E-state index in [2.05, 4.69) is 6.92 Å². The van der Waals surface area contributed by atoms with Gasteiger partial charge in [0.05, 0.1) is 0 Å². The molecule has 0 aromatic carbocycles. The van der Waals surface area contributed by atoms with Crippen LogP contribution in [0.15, 0.2) is 0 Å². The van der Waals surface area contributed by atoms with Crippen molar-refractivity contribution in [2.24, 2.45) is 0 Å². The number of aliphatic hydroxyl groups is 1. The molecule has 11 heavy (non-hydrogen) atoms. The van der Waals surface area contributed by atoms with Crippen molar-refractivity contribution in [1.29, 1.82) is 0 Å². The van der Waals surface area contributed by atoms with E-state index in [1.165, 1.54) is 4.90 Å². The number of hydrogen-bond donors (Lipinski definition) is 1. The molecule has 66 valence electrons. The van der Waals surface area contributed by atoms with E-state index >= 15 is 0 Å². The van der Waals surface area contributed by atoms with E-state index < -0.39 is 6.23 Å². The van der Waals surface area contributed by atoms with Crippen LogP contribution in [0.25, 0.3) is 0 Å². The smallest absolute Gasteiger partial charge is 0.211 e. The molecule has 1 atom stereocenters. The SMILES string of the molecule is CCCCC(O)N(C=O)CC. The van der Waals surface area contributed by atoms with Gasteiger partial charge in [-0.2, -0.15) is 0 Å². The molecule has 0 saturated carbocycles. The summed E-state index contributed by atoms with van der Waals surface area (Å²) in [4.78, 5) is 11.7. The maximum Gasteiger partial charge on any atom is 0.211 e. The van der Waals surface area contributed by atoms with Crippen LogP contribution < -0.4 is 0 Å². The number of amides is 1.